The van der Waals surface area contributed by atoms with Gasteiger partial charge >= 0.3 is 0 Å². The number of nitrogens with zero attached hydrogens (tertiary/aromatic N) is 3. The van der Waals surface area contributed by atoms with Gasteiger partial charge in [0, 0.05) is 50.3 Å². The average Bonchev–Trinajstić information content (AvgIpc) is 3.41. The molecule has 1 saturated carbocycles. The van der Waals surface area contributed by atoms with E-state index in [1.54, 1.807) is 0 Å². The van der Waals surface area contributed by atoms with Crippen molar-refractivity contribution in [3.63, 3.8) is 0 Å². The zero-order chi connectivity index (χ0) is 18.3. The molecule has 154 valence electrons. The van der Waals surface area contributed by atoms with Gasteiger partial charge in [-0.3, -0.25) is 14.8 Å². The van der Waals surface area contributed by atoms with E-state index in [0.29, 0.717) is 6.04 Å². The van der Waals surface area contributed by atoms with Gasteiger partial charge in [-0.1, -0.05) is 0 Å². The monoisotopic (exact) mass is 481 g/mol. The van der Waals surface area contributed by atoms with Crippen LogP contribution in [0.4, 0.5) is 0 Å². The van der Waals surface area contributed by atoms with Gasteiger partial charge in [-0.2, -0.15) is 0 Å². The summed E-state index contributed by atoms with van der Waals surface area (Å²) in [6.07, 6.45) is 2.72. The van der Waals surface area contributed by atoms with Crippen LogP contribution in [-0.4, -0.2) is 85.9 Å². The van der Waals surface area contributed by atoms with E-state index in [4.69, 9.17) is 9.73 Å². The summed E-state index contributed by atoms with van der Waals surface area (Å²) >= 11 is 0. The Hall–Kier alpha value is -0.120. The van der Waals surface area contributed by atoms with Crippen LogP contribution in [0.15, 0.2) is 4.99 Å². The van der Waals surface area contributed by atoms with Gasteiger partial charge < -0.3 is 15.4 Å². The SMILES string of the molecule is CCNC(=NCC(C)(C)N1CCOCC1)NCCN(C(C)C)C1CC1.I. The Morgan fingerprint density at radius 2 is 1.88 bits per heavy atom. The second-order valence-corrected chi connectivity index (χ2v) is 8.10. The van der Waals surface area contributed by atoms with Crippen molar-refractivity contribution in [3.05, 3.63) is 0 Å². The van der Waals surface area contributed by atoms with E-state index in [1.807, 2.05) is 0 Å². The molecular weight excluding hydrogens is 441 g/mol. The molecular formula is C19H40IN5O. The molecule has 26 heavy (non-hydrogen) atoms. The second-order valence-electron chi connectivity index (χ2n) is 8.10. The lowest BCUT2D eigenvalue weighted by atomic mass is 10.0. The highest BCUT2D eigenvalue weighted by Crippen LogP contribution is 2.27. The van der Waals surface area contributed by atoms with Crippen LogP contribution < -0.4 is 10.6 Å². The number of morpholine rings is 1. The first-order valence-corrected chi connectivity index (χ1v) is 10.0. The smallest absolute Gasteiger partial charge is 0.191 e. The third-order valence-corrected chi connectivity index (χ3v) is 5.18. The van der Waals surface area contributed by atoms with Crippen LogP contribution in [0.3, 0.4) is 0 Å². The first-order valence-electron chi connectivity index (χ1n) is 10.0. The molecule has 2 rings (SSSR count). The van der Waals surface area contributed by atoms with Crippen molar-refractivity contribution in [3.8, 4) is 0 Å². The first kappa shape index (κ1) is 23.9. The Balaban J connectivity index is 0.00000338. The molecule has 1 saturated heterocycles. The zero-order valence-corrected chi connectivity index (χ0v) is 19.7. The highest BCUT2D eigenvalue weighted by atomic mass is 127. The molecule has 0 unspecified atom stereocenters. The third kappa shape index (κ3) is 7.86. The molecule has 6 nitrogen and oxygen atoms in total. The number of hydrogen-bond acceptors (Lipinski definition) is 4. The Morgan fingerprint density at radius 3 is 2.42 bits per heavy atom. The highest BCUT2D eigenvalue weighted by Gasteiger charge is 2.30. The topological polar surface area (TPSA) is 52.1 Å². The fraction of sp³-hybridized carbons (Fsp3) is 0.947. The molecule has 2 N–H and O–H groups in total. The predicted molar refractivity (Wildman–Crippen MR) is 121 cm³/mol. The normalized spacial score (nSPS) is 19.6. The minimum absolute atomic E-state index is 0. The molecule has 0 aromatic carbocycles. The molecule has 0 spiro atoms. The summed E-state index contributed by atoms with van der Waals surface area (Å²) in [5, 5.41) is 6.90. The number of hydrogen-bond donors (Lipinski definition) is 2. The Kier molecular flexibility index (Phi) is 10.7. The minimum atomic E-state index is 0. The molecule has 0 radical (unpaired) electrons. The Labute approximate surface area is 177 Å². The van der Waals surface area contributed by atoms with Crippen LogP contribution in [0.5, 0.6) is 0 Å². The van der Waals surface area contributed by atoms with E-state index in [2.05, 4.69) is 55.1 Å². The van der Waals surface area contributed by atoms with Gasteiger partial charge in [0.05, 0.1) is 19.8 Å². The van der Waals surface area contributed by atoms with Crippen LogP contribution in [0.25, 0.3) is 0 Å². The highest BCUT2D eigenvalue weighted by molar-refractivity contribution is 14.0. The second kappa shape index (κ2) is 11.7. The minimum Gasteiger partial charge on any atom is -0.379 e. The van der Waals surface area contributed by atoms with Gasteiger partial charge in [0.1, 0.15) is 0 Å². The Bertz CT molecular complexity index is 418. The molecule has 1 aliphatic carbocycles. The van der Waals surface area contributed by atoms with Crippen LogP contribution in [-0.2, 0) is 4.74 Å². The lowest BCUT2D eigenvalue weighted by Crippen LogP contribution is -2.52. The van der Waals surface area contributed by atoms with Crippen LogP contribution in [0.1, 0.15) is 47.5 Å². The number of halogens is 1. The fourth-order valence-corrected chi connectivity index (χ4v) is 3.45. The molecule has 0 amide bonds. The van der Waals surface area contributed by atoms with Gasteiger partial charge in [-0.05, 0) is 47.5 Å². The number of nitrogens with one attached hydrogen (secondary N) is 2. The summed E-state index contributed by atoms with van der Waals surface area (Å²) < 4.78 is 5.47. The van der Waals surface area contributed by atoms with E-state index in [9.17, 15) is 0 Å². The van der Waals surface area contributed by atoms with Crippen LogP contribution >= 0.6 is 24.0 Å². The largest absolute Gasteiger partial charge is 0.379 e. The standard InChI is InChI=1S/C19H39N5O.HI/c1-6-20-18(21-9-10-24(16(2)3)17-7-8-17)22-15-19(4,5)23-11-13-25-14-12-23;/h16-17H,6-15H2,1-5H3,(H2,20,21,22);1H. The zero-order valence-electron chi connectivity index (χ0n) is 17.4. The van der Waals surface area contributed by atoms with Crippen molar-refractivity contribution < 1.29 is 4.74 Å². The van der Waals surface area contributed by atoms with Crippen LogP contribution in [0, 0.1) is 0 Å². The summed E-state index contributed by atoms with van der Waals surface area (Å²) in [7, 11) is 0. The van der Waals surface area contributed by atoms with Crippen molar-refractivity contribution in [1.82, 2.24) is 20.4 Å². The molecule has 2 aliphatic rings. The molecule has 0 aromatic heterocycles. The summed E-state index contributed by atoms with van der Waals surface area (Å²) in [5.41, 5.74) is 0.0596. The van der Waals surface area contributed by atoms with E-state index < -0.39 is 0 Å². The van der Waals surface area contributed by atoms with E-state index in [0.717, 1.165) is 64.5 Å². The number of rotatable bonds is 9. The van der Waals surface area contributed by atoms with Crippen molar-refractivity contribution in [2.24, 2.45) is 4.99 Å². The van der Waals surface area contributed by atoms with Crippen molar-refractivity contribution in [2.45, 2.75) is 65.1 Å². The van der Waals surface area contributed by atoms with Gasteiger partial charge in [0.15, 0.2) is 5.96 Å². The predicted octanol–water partition coefficient (Wildman–Crippen LogP) is 2.14. The van der Waals surface area contributed by atoms with Gasteiger partial charge in [0.2, 0.25) is 0 Å². The molecule has 1 aliphatic heterocycles. The van der Waals surface area contributed by atoms with Crippen molar-refractivity contribution in [1.29, 1.82) is 0 Å². The van der Waals surface area contributed by atoms with E-state index >= 15 is 0 Å². The molecule has 1 heterocycles. The molecule has 0 atom stereocenters. The van der Waals surface area contributed by atoms with Crippen molar-refractivity contribution >= 4 is 29.9 Å². The maximum Gasteiger partial charge on any atom is 0.191 e. The summed E-state index contributed by atoms with van der Waals surface area (Å²) in [6.45, 7) is 18.6. The van der Waals surface area contributed by atoms with Gasteiger partial charge in [-0.15, -0.1) is 24.0 Å². The molecule has 2 fully saturated rings. The maximum absolute atomic E-state index is 5.47. The van der Waals surface area contributed by atoms with E-state index in [1.165, 1.54) is 12.8 Å². The molecule has 0 bridgehead atoms. The van der Waals surface area contributed by atoms with Gasteiger partial charge in [-0.25, -0.2) is 0 Å². The summed E-state index contributed by atoms with van der Waals surface area (Å²) in [6, 6.07) is 1.43. The average molecular weight is 481 g/mol. The first-order chi connectivity index (χ1) is 11.9. The summed E-state index contributed by atoms with van der Waals surface area (Å²) in [5.74, 6) is 0.934. The number of aliphatic imine (C=N–C) groups is 1. The number of ether oxygens (including phenoxy) is 1. The Morgan fingerprint density at radius 1 is 1.23 bits per heavy atom. The molecule has 7 heteroatoms. The third-order valence-electron chi connectivity index (χ3n) is 5.18. The molecule has 0 aromatic rings. The lowest BCUT2D eigenvalue weighted by molar-refractivity contribution is -0.00683. The van der Waals surface area contributed by atoms with Crippen molar-refractivity contribution in [2.75, 3.05) is 52.5 Å². The maximum atomic E-state index is 5.47. The summed E-state index contributed by atoms with van der Waals surface area (Å²) in [4.78, 5) is 9.94. The van der Waals surface area contributed by atoms with Crippen LogP contribution in [0.2, 0.25) is 0 Å². The van der Waals surface area contributed by atoms with E-state index in [-0.39, 0.29) is 29.5 Å². The quantitative estimate of drug-likeness (QED) is 0.300. The van der Waals surface area contributed by atoms with Gasteiger partial charge in [0.25, 0.3) is 0 Å². The fourth-order valence-electron chi connectivity index (χ4n) is 3.45. The number of guanidine groups is 1. The lowest BCUT2D eigenvalue weighted by Gasteiger charge is -2.40.